The first kappa shape index (κ1) is 20.8. The Morgan fingerprint density at radius 3 is 2.47 bits per heavy atom. The second-order valence-corrected chi connectivity index (χ2v) is 8.56. The third-order valence-electron chi connectivity index (χ3n) is 6.24. The highest BCUT2D eigenvalue weighted by Gasteiger charge is 2.23. The van der Waals surface area contributed by atoms with Crippen molar-refractivity contribution < 1.29 is 18.8 Å². The maximum atomic E-state index is 13.2. The maximum absolute atomic E-state index is 13.2. The van der Waals surface area contributed by atoms with Crippen LogP contribution in [0.2, 0.25) is 0 Å². The molecule has 4 heterocycles. The minimum Gasteiger partial charge on any atom is -0.454 e. The van der Waals surface area contributed by atoms with Crippen molar-refractivity contribution in [1.29, 1.82) is 0 Å². The summed E-state index contributed by atoms with van der Waals surface area (Å²) in [6, 6.07) is 9.85. The minimum atomic E-state index is 0.158. The van der Waals surface area contributed by atoms with Crippen molar-refractivity contribution in [3.05, 3.63) is 58.7 Å². The summed E-state index contributed by atoms with van der Waals surface area (Å²) in [5, 5.41) is 4.08. The van der Waals surface area contributed by atoms with Crippen LogP contribution in [0.1, 0.15) is 33.2 Å². The van der Waals surface area contributed by atoms with Crippen LogP contribution in [0.4, 0.5) is 0 Å². The van der Waals surface area contributed by atoms with Gasteiger partial charge in [0.2, 0.25) is 6.79 Å². The summed E-state index contributed by atoms with van der Waals surface area (Å²) in [5.41, 5.74) is 4.69. The van der Waals surface area contributed by atoms with E-state index in [0.29, 0.717) is 6.54 Å². The van der Waals surface area contributed by atoms with Gasteiger partial charge in [0.25, 0.3) is 0 Å². The van der Waals surface area contributed by atoms with Gasteiger partial charge in [0.15, 0.2) is 17.3 Å². The number of hydrogen-bond acceptors (Lipinski definition) is 7. The van der Waals surface area contributed by atoms with Crippen molar-refractivity contribution in [2.75, 3.05) is 39.5 Å². The second-order valence-electron chi connectivity index (χ2n) is 8.56. The van der Waals surface area contributed by atoms with E-state index in [1.165, 1.54) is 0 Å². The lowest BCUT2D eigenvalue weighted by Crippen LogP contribution is -2.47. The number of aryl methyl sites for hydroxylation is 2. The number of hydrogen-bond donors (Lipinski definition) is 0. The number of nitrogens with zero attached hydrogens (tertiary/aromatic N) is 4. The lowest BCUT2D eigenvalue weighted by atomic mass is 10.1. The van der Waals surface area contributed by atoms with Crippen molar-refractivity contribution in [1.82, 2.24) is 19.5 Å². The number of rotatable bonds is 6. The van der Waals surface area contributed by atoms with Gasteiger partial charge in [-0.1, -0.05) is 5.16 Å². The van der Waals surface area contributed by atoms with Crippen molar-refractivity contribution in [3.63, 3.8) is 0 Å². The number of carbonyl (C=O) groups excluding carboxylic acids is 1. The normalized spacial score (nSPS) is 16.6. The topological polar surface area (TPSA) is 73.0 Å². The molecule has 0 unspecified atom stereocenters. The zero-order valence-electron chi connectivity index (χ0n) is 18.8. The Morgan fingerprint density at radius 2 is 1.72 bits per heavy atom. The molecule has 2 aromatic heterocycles. The Balaban J connectivity index is 1.23. The van der Waals surface area contributed by atoms with Crippen LogP contribution < -0.4 is 9.47 Å². The molecule has 1 aromatic carbocycles. The summed E-state index contributed by atoms with van der Waals surface area (Å²) in [5.74, 6) is 2.49. The van der Waals surface area contributed by atoms with Crippen LogP contribution in [0.15, 0.2) is 34.9 Å². The predicted octanol–water partition coefficient (Wildman–Crippen LogP) is 3.12. The first-order valence-corrected chi connectivity index (χ1v) is 11.0. The summed E-state index contributed by atoms with van der Waals surface area (Å²) < 4.78 is 18.2. The molecule has 0 atom stereocenters. The SMILES string of the molecule is Cc1cc(CN2CCN(CC(=O)c3cc(C)n(-c4ccc5c(c4)OCO5)c3C)CC2)no1. The van der Waals surface area contributed by atoms with Gasteiger partial charge in [0.05, 0.1) is 12.2 Å². The summed E-state index contributed by atoms with van der Waals surface area (Å²) in [6.07, 6.45) is 0. The van der Waals surface area contributed by atoms with Crippen LogP contribution in [0.3, 0.4) is 0 Å². The Bertz CT molecular complexity index is 1140. The molecular weight excluding hydrogens is 408 g/mol. The van der Waals surface area contributed by atoms with Crippen LogP contribution in [-0.2, 0) is 6.54 Å². The fourth-order valence-electron chi connectivity index (χ4n) is 4.58. The van der Waals surface area contributed by atoms with Gasteiger partial charge in [-0.25, -0.2) is 0 Å². The van der Waals surface area contributed by atoms with Crippen molar-refractivity contribution >= 4 is 5.78 Å². The van der Waals surface area contributed by atoms with Gasteiger partial charge in [-0.3, -0.25) is 14.6 Å². The molecule has 5 rings (SSSR count). The van der Waals surface area contributed by atoms with Crippen molar-refractivity contribution in [2.24, 2.45) is 0 Å². The van der Waals surface area contributed by atoms with E-state index in [1.807, 2.05) is 51.1 Å². The van der Waals surface area contributed by atoms with Gasteiger partial charge in [-0.05, 0) is 39.0 Å². The third kappa shape index (κ3) is 4.03. The smallest absolute Gasteiger partial charge is 0.231 e. The number of aromatic nitrogens is 2. The zero-order valence-corrected chi connectivity index (χ0v) is 18.8. The Hall–Kier alpha value is -3.10. The molecular formula is C24H28N4O4. The van der Waals surface area contributed by atoms with Gasteiger partial charge in [-0.15, -0.1) is 0 Å². The summed E-state index contributed by atoms with van der Waals surface area (Å²) in [6.45, 7) is 11.0. The minimum absolute atomic E-state index is 0.158. The van der Waals surface area contributed by atoms with E-state index < -0.39 is 0 Å². The highest BCUT2D eigenvalue weighted by molar-refractivity contribution is 5.99. The van der Waals surface area contributed by atoms with E-state index in [9.17, 15) is 4.79 Å². The molecule has 0 amide bonds. The molecule has 168 valence electrons. The average Bonchev–Trinajstić information content (AvgIpc) is 3.48. The highest BCUT2D eigenvalue weighted by atomic mass is 16.7. The molecule has 8 heteroatoms. The van der Waals surface area contributed by atoms with Crippen molar-refractivity contribution in [2.45, 2.75) is 27.3 Å². The predicted molar refractivity (Wildman–Crippen MR) is 119 cm³/mol. The molecule has 0 radical (unpaired) electrons. The largest absolute Gasteiger partial charge is 0.454 e. The molecule has 32 heavy (non-hydrogen) atoms. The van der Waals surface area contributed by atoms with Crippen LogP contribution in [0, 0.1) is 20.8 Å². The van der Waals surface area contributed by atoms with Crippen LogP contribution in [0.25, 0.3) is 5.69 Å². The summed E-state index contributed by atoms with van der Waals surface area (Å²) >= 11 is 0. The van der Waals surface area contributed by atoms with Crippen LogP contribution >= 0.6 is 0 Å². The van der Waals surface area contributed by atoms with E-state index >= 15 is 0 Å². The molecule has 0 saturated carbocycles. The number of piperazine rings is 1. The van der Waals surface area contributed by atoms with Gasteiger partial charge < -0.3 is 18.6 Å². The number of Topliss-reactive ketones (excluding diaryl/α,β-unsaturated/α-hetero) is 1. The molecule has 3 aromatic rings. The molecule has 0 spiro atoms. The monoisotopic (exact) mass is 436 g/mol. The molecule has 0 bridgehead atoms. The average molecular weight is 437 g/mol. The van der Waals surface area contributed by atoms with Gasteiger partial charge >= 0.3 is 0 Å². The van der Waals surface area contributed by atoms with Crippen LogP contribution in [-0.4, -0.2) is 64.8 Å². The van der Waals surface area contributed by atoms with E-state index in [1.54, 1.807) is 0 Å². The van der Waals surface area contributed by atoms with E-state index in [4.69, 9.17) is 14.0 Å². The maximum Gasteiger partial charge on any atom is 0.231 e. The van der Waals surface area contributed by atoms with E-state index in [2.05, 4.69) is 19.5 Å². The fourth-order valence-corrected chi connectivity index (χ4v) is 4.58. The van der Waals surface area contributed by atoms with E-state index in [0.717, 1.165) is 78.3 Å². The Labute approximate surface area is 187 Å². The van der Waals surface area contributed by atoms with Gasteiger partial charge in [0, 0.05) is 67.5 Å². The number of benzene rings is 1. The molecule has 1 saturated heterocycles. The Morgan fingerprint density at radius 1 is 0.969 bits per heavy atom. The lowest BCUT2D eigenvalue weighted by molar-refractivity contribution is 0.0840. The number of carbonyl (C=O) groups is 1. The molecule has 0 aliphatic carbocycles. The molecule has 2 aliphatic heterocycles. The van der Waals surface area contributed by atoms with E-state index in [-0.39, 0.29) is 12.6 Å². The lowest BCUT2D eigenvalue weighted by Gasteiger charge is -2.33. The summed E-state index contributed by atoms with van der Waals surface area (Å²) in [7, 11) is 0. The molecule has 1 fully saturated rings. The zero-order chi connectivity index (χ0) is 22.2. The molecule has 8 nitrogen and oxygen atoms in total. The number of fused-ring (bicyclic) bond motifs is 1. The standard InChI is InChI=1S/C24H28N4O4/c1-16-10-21(18(3)28(16)20-4-5-23-24(12-20)31-15-30-23)22(29)14-27-8-6-26(7-9-27)13-19-11-17(2)32-25-19/h4-5,10-12H,6-9,13-15H2,1-3H3. The van der Waals surface area contributed by atoms with Crippen LogP contribution in [0.5, 0.6) is 11.5 Å². The number of ether oxygens (including phenoxy) is 2. The molecule has 0 N–H and O–H groups in total. The Kier molecular flexibility index (Phi) is 5.48. The quantitative estimate of drug-likeness (QED) is 0.550. The second kappa shape index (κ2) is 8.44. The van der Waals surface area contributed by atoms with Gasteiger partial charge in [0.1, 0.15) is 5.76 Å². The number of ketones is 1. The highest BCUT2D eigenvalue weighted by Crippen LogP contribution is 2.35. The third-order valence-corrected chi connectivity index (χ3v) is 6.24. The van der Waals surface area contributed by atoms with Gasteiger partial charge in [-0.2, -0.15) is 0 Å². The summed E-state index contributed by atoms with van der Waals surface area (Å²) in [4.78, 5) is 17.7. The first-order chi connectivity index (χ1) is 15.5. The molecule has 2 aliphatic rings. The fraction of sp³-hybridized carbons (Fsp3) is 0.417. The first-order valence-electron chi connectivity index (χ1n) is 11.0. The van der Waals surface area contributed by atoms with Crippen molar-refractivity contribution in [3.8, 4) is 17.2 Å².